The molecule has 2 aromatic carbocycles. The summed E-state index contributed by atoms with van der Waals surface area (Å²) in [6.45, 7) is 6.55. The summed E-state index contributed by atoms with van der Waals surface area (Å²) >= 11 is 0. The van der Waals surface area contributed by atoms with Crippen LogP contribution in [0.25, 0.3) is 5.69 Å². The quantitative estimate of drug-likeness (QED) is 0.646. The molecule has 1 fully saturated rings. The van der Waals surface area contributed by atoms with Gasteiger partial charge in [0.05, 0.1) is 23.1 Å². The molecule has 0 atom stereocenters. The van der Waals surface area contributed by atoms with Gasteiger partial charge in [-0.05, 0) is 54.4 Å². The first-order valence-electron chi connectivity index (χ1n) is 10.1. The van der Waals surface area contributed by atoms with Gasteiger partial charge in [0.2, 0.25) is 0 Å². The van der Waals surface area contributed by atoms with Crippen LogP contribution >= 0.6 is 0 Å². The molecule has 0 N–H and O–H groups in total. The Morgan fingerprint density at radius 1 is 0.867 bits per heavy atom. The molecule has 30 heavy (non-hydrogen) atoms. The molecule has 0 unspecified atom stereocenters. The second-order valence-corrected chi connectivity index (χ2v) is 7.74. The van der Waals surface area contributed by atoms with E-state index in [1.807, 2.05) is 18.7 Å². The van der Waals surface area contributed by atoms with E-state index in [4.69, 9.17) is 0 Å². The highest BCUT2D eigenvalue weighted by Gasteiger charge is 2.27. The Bertz CT molecular complexity index is 1020. The zero-order chi connectivity index (χ0) is 21.3. The molecule has 0 radical (unpaired) electrons. The zero-order valence-electron chi connectivity index (χ0n) is 17.1. The minimum Gasteiger partial charge on any atom is -0.368 e. The van der Waals surface area contributed by atoms with Crippen molar-refractivity contribution in [1.29, 1.82) is 0 Å². The number of hydrogen-bond acceptors (Lipinski definition) is 3. The Morgan fingerprint density at radius 3 is 1.93 bits per heavy atom. The molecule has 5 nitrogen and oxygen atoms in total. The van der Waals surface area contributed by atoms with E-state index >= 15 is 0 Å². The Hall–Kier alpha value is -3.22. The third kappa shape index (κ3) is 3.92. The molecule has 0 bridgehead atoms. The van der Waals surface area contributed by atoms with Crippen molar-refractivity contribution in [3.63, 3.8) is 0 Å². The fourth-order valence-electron chi connectivity index (χ4n) is 3.86. The van der Waals surface area contributed by atoms with E-state index < -0.39 is 0 Å². The fourth-order valence-corrected chi connectivity index (χ4v) is 3.86. The van der Waals surface area contributed by atoms with Crippen molar-refractivity contribution in [1.82, 2.24) is 14.7 Å². The predicted octanol–water partition coefficient (Wildman–Crippen LogP) is 4.24. The van der Waals surface area contributed by atoms with E-state index in [1.165, 1.54) is 24.3 Å². The summed E-state index contributed by atoms with van der Waals surface area (Å²) in [6.07, 6.45) is 1.60. The van der Waals surface area contributed by atoms with Gasteiger partial charge in [-0.25, -0.2) is 13.5 Å². The van der Waals surface area contributed by atoms with Gasteiger partial charge in [-0.3, -0.25) is 4.79 Å². The molecule has 0 saturated carbocycles. The smallest absolute Gasteiger partial charge is 0.257 e. The largest absolute Gasteiger partial charge is 0.368 e. The first kappa shape index (κ1) is 20.1. The Balaban J connectivity index is 1.52. The van der Waals surface area contributed by atoms with E-state index in [0.29, 0.717) is 31.7 Å². The fraction of sp³-hybridized carbons (Fsp3) is 0.304. The number of amides is 1. The number of carbonyl (C=O) groups excluding carboxylic acids is 1. The number of hydrogen-bond donors (Lipinski definition) is 0. The van der Waals surface area contributed by atoms with Crippen LogP contribution in [-0.2, 0) is 0 Å². The van der Waals surface area contributed by atoms with Crippen LogP contribution in [0.3, 0.4) is 0 Å². The second kappa shape index (κ2) is 8.26. The van der Waals surface area contributed by atoms with Gasteiger partial charge in [0.1, 0.15) is 11.6 Å². The maximum atomic E-state index is 13.3. The zero-order valence-corrected chi connectivity index (χ0v) is 17.1. The van der Waals surface area contributed by atoms with Gasteiger partial charge in [-0.15, -0.1) is 0 Å². The molecular weight excluding hydrogens is 386 g/mol. The van der Waals surface area contributed by atoms with Crippen molar-refractivity contribution in [2.24, 2.45) is 0 Å². The number of piperazine rings is 1. The molecule has 1 amide bonds. The number of benzene rings is 2. The number of halogens is 2. The minimum atomic E-state index is -0.313. The maximum absolute atomic E-state index is 13.3. The lowest BCUT2D eigenvalue weighted by Gasteiger charge is -2.36. The van der Waals surface area contributed by atoms with Crippen LogP contribution in [0.15, 0.2) is 54.7 Å². The van der Waals surface area contributed by atoms with Gasteiger partial charge in [-0.1, -0.05) is 13.8 Å². The van der Waals surface area contributed by atoms with Gasteiger partial charge in [0.25, 0.3) is 5.91 Å². The highest BCUT2D eigenvalue weighted by atomic mass is 19.1. The number of aromatic nitrogens is 2. The molecule has 2 heterocycles. The molecule has 0 aliphatic carbocycles. The van der Waals surface area contributed by atoms with Gasteiger partial charge in [0.15, 0.2) is 0 Å². The number of carbonyl (C=O) groups is 1. The molecule has 1 aromatic heterocycles. The van der Waals surface area contributed by atoms with E-state index in [0.717, 1.165) is 17.1 Å². The third-order valence-electron chi connectivity index (χ3n) is 5.41. The SMILES string of the molecule is CC(C)c1c(C(=O)N2CCN(c3ccc(F)cc3)CC2)cnn1-c1ccc(F)cc1. The van der Waals surface area contributed by atoms with Crippen molar-refractivity contribution in [3.05, 3.63) is 77.6 Å². The minimum absolute atomic E-state index is 0.0502. The van der Waals surface area contributed by atoms with Gasteiger partial charge in [0, 0.05) is 31.9 Å². The van der Waals surface area contributed by atoms with E-state index in [1.54, 1.807) is 35.1 Å². The van der Waals surface area contributed by atoms with E-state index in [9.17, 15) is 13.6 Å². The monoisotopic (exact) mass is 410 g/mol. The second-order valence-electron chi connectivity index (χ2n) is 7.74. The van der Waals surface area contributed by atoms with Crippen LogP contribution in [-0.4, -0.2) is 46.8 Å². The lowest BCUT2D eigenvalue weighted by molar-refractivity contribution is 0.0745. The molecule has 0 spiro atoms. The van der Waals surface area contributed by atoms with Crippen molar-refractivity contribution < 1.29 is 13.6 Å². The average Bonchev–Trinajstić information content (AvgIpc) is 3.20. The molecule has 1 aliphatic heterocycles. The summed E-state index contributed by atoms with van der Waals surface area (Å²) < 4.78 is 28.2. The van der Waals surface area contributed by atoms with Crippen LogP contribution in [0.5, 0.6) is 0 Å². The van der Waals surface area contributed by atoms with Crippen molar-refractivity contribution >= 4 is 11.6 Å². The molecule has 1 saturated heterocycles. The van der Waals surface area contributed by atoms with Gasteiger partial charge < -0.3 is 9.80 Å². The molecule has 1 aliphatic rings. The molecule has 4 rings (SSSR count). The summed E-state index contributed by atoms with van der Waals surface area (Å²) in [5.74, 6) is -0.554. The summed E-state index contributed by atoms with van der Waals surface area (Å²) in [4.78, 5) is 17.2. The van der Waals surface area contributed by atoms with Crippen molar-refractivity contribution in [3.8, 4) is 5.69 Å². The van der Waals surface area contributed by atoms with E-state index in [2.05, 4.69) is 10.00 Å². The first-order chi connectivity index (χ1) is 14.4. The highest BCUT2D eigenvalue weighted by Crippen LogP contribution is 2.25. The van der Waals surface area contributed by atoms with Crippen LogP contribution in [0.1, 0.15) is 35.8 Å². The number of nitrogens with zero attached hydrogens (tertiary/aromatic N) is 4. The predicted molar refractivity (Wildman–Crippen MR) is 112 cm³/mol. The van der Waals surface area contributed by atoms with E-state index in [-0.39, 0.29) is 23.5 Å². The van der Waals surface area contributed by atoms with Crippen molar-refractivity contribution in [2.45, 2.75) is 19.8 Å². The van der Waals surface area contributed by atoms with Gasteiger partial charge in [-0.2, -0.15) is 5.10 Å². The molecule has 3 aromatic rings. The normalized spacial score (nSPS) is 14.4. The lowest BCUT2D eigenvalue weighted by Crippen LogP contribution is -2.49. The lowest BCUT2D eigenvalue weighted by atomic mass is 10.0. The Kier molecular flexibility index (Phi) is 5.53. The Labute approximate surface area is 174 Å². The molecule has 7 heteroatoms. The summed E-state index contributed by atoms with van der Waals surface area (Å²) in [7, 11) is 0. The van der Waals surface area contributed by atoms with Crippen LogP contribution in [0.4, 0.5) is 14.5 Å². The Morgan fingerprint density at radius 2 is 1.40 bits per heavy atom. The molecular formula is C23H24F2N4O. The number of rotatable bonds is 4. The summed E-state index contributed by atoms with van der Waals surface area (Å²) in [5, 5.41) is 4.42. The third-order valence-corrected chi connectivity index (χ3v) is 5.41. The average molecular weight is 410 g/mol. The topological polar surface area (TPSA) is 41.4 Å². The molecule has 156 valence electrons. The highest BCUT2D eigenvalue weighted by molar-refractivity contribution is 5.95. The van der Waals surface area contributed by atoms with Crippen LogP contribution in [0.2, 0.25) is 0 Å². The van der Waals surface area contributed by atoms with Gasteiger partial charge >= 0.3 is 0 Å². The van der Waals surface area contributed by atoms with Crippen molar-refractivity contribution in [2.75, 3.05) is 31.1 Å². The maximum Gasteiger partial charge on any atom is 0.257 e. The van der Waals surface area contributed by atoms with Crippen LogP contribution in [0, 0.1) is 11.6 Å². The summed E-state index contributed by atoms with van der Waals surface area (Å²) in [5.41, 5.74) is 3.06. The summed E-state index contributed by atoms with van der Waals surface area (Å²) in [6, 6.07) is 12.5. The number of anilines is 1. The standard InChI is InChI=1S/C23H24F2N4O/c1-16(2)22-21(15-26-29(22)20-9-5-18(25)6-10-20)23(30)28-13-11-27(12-14-28)19-7-3-17(24)4-8-19/h3-10,15-16H,11-14H2,1-2H3. The van der Waals surface area contributed by atoms with Crippen LogP contribution < -0.4 is 4.90 Å². The first-order valence-corrected chi connectivity index (χ1v) is 10.1.